The molecule has 0 spiro atoms. The van der Waals surface area contributed by atoms with E-state index in [0.717, 1.165) is 30.6 Å². The summed E-state index contributed by atoms with van der Waals surface area (Å²) in [6, 6.07) is 7.47. The molecule has 0 atom stereocenters. The van der Waals surface area contributed by atoms with Crippen molar-refractivity contribution in [3.63, 3.8) is 0 Å². The third-order valence-electron chi connectivity index (χ3n) is 3.59. The molecule has 18 heavy (non-hydrogen) atoms. The molecule has 0 bridgehead atoms. The maximum Gasteiger partial charge on any atom is 0.123 e. The van der Waals surface area contributed by atoms with Gasteiger partial charge in [-0.1, -0.05) is 12.1 Å². The van der Waals surface area contributed by atoms with Gasteiger partial charge in [-0.25, -0.2) is 9.37 Å². The largest absolute Gasteiger partial charge is 0.347 e. The Morgan fingerprint density at radius 3 is 3.00 bits per heavy atom. The van der Waals surface area contributed by atoms with Gasteiger partial charge in [0, 0.05) is 24.5 Å². The first-order valence-corrected chi connectivity index (χ1v) is 6.27. The second kappa shape index (κ2) is 4.90. The zero-order valence-corrected chi connectivity index (χ0v) is 10.1. The Kier molecular flexibility index (Phi) is 3.11. The first kappa shape index (κ1) is 11.4. The molecule has 0 amide bonds. The van der Waals surface area contributed by atoms with Crippen molar-refractivity contribution in [2.24, 2.45) is 0 Å². The van der Waals surface area contributed by atoms with E-state index in [4.69, 9.17) is 0 Å². The lowest BCUT2D eigenvalue weighted by molar-refractivity contribution is 0.288. The third kappa shape index (κ3) is 2.43. The highest BCUT2D eigenvalue weighted by Crippen LogP contribution is 2.37. The number of benzene rings is 1. The fourth-order valence-corrected chi connectivity index (χ4v) is 2.45. The van der Waals surface area contributed by atoms with Crippen LogP contribution in [0.15, 0.2) is 36.8 Å². The number of H-pyrrole nitrogens is 1. The second-order valence-electron chi connectivity index (χ2n) is 4.88. The maximum absolute atomic E-state index is 13.1. The van der Waals surface area contributed by atoms with Gasteiger partial charge in [0.05, 0.1) is 6.33 Å². The molecule has 1 aliphatic carbocycles. The molecule has 1 aromatic carbocycles. The zero-order chi connectivity index (χ0) is 12.4. The molecule has 1 aromatic heterocycles. The highest BCUT2D eigenvalue weighted by atomic mass is 19.1. The summed E-state index contributed by atoms with van der Waals surface area (Å²) in [4.78, 5) is 7.05. The minimum absolute atomic E-state index is 0.138. The van der Waals surface area contributed by atoms with Crippen LogP contribution < -0.4 is 5.32 Å². The van der Waals surface area contributed by atoms with E-state index in [9.17, 15) is 4.39 Å². The molecule has 3 rings (SSSR count). The molecule has 3 nitrogen and oxygen atoms in total. The first-order valence-electron chi connectivity index (χ1n) is 6.27. The number of halogens is 1. The number of aromatic nitrogens is 2. The zero-order valence-electron chi connectivity index (χ0n) is 10.1. The van der Waals surface area contributed by atoms with E-state index in [1.165, 1.54) is 6.07 Å². The summed E-state index contributed by atoms with van der Waals surface area (Å²) in [6.45, 7) is 0.820. The number of aromatic amines is 1. The van der Waals surface area contributed by atoms with Crippen LogP contribution in [0, 0.1) is 5.82 Å². The van der Waals surface area contributed by atoms with Crippen LogP contribution in [-0.4, -0.2) is 16.0 Å². The van der Waals surface area contributed by atoms with Gasteiger partial charge in [0.2, 0.25) is 0 Å². The summed E-state index contributed by atoms with van der Waals surface area (Å²) in [6.07, 6.45) is 5.68. The Hall–Kier alpha value is -1.68. The van der Waals surface area contributed by atoms with Crippen molar-refractivity contribution in [3.8, 4) is 0 Å². The molecule has 0 aliphatic heterocycles. The van der Waals surface area contributed by atoms with Gasteiger partial charge in [-0.15, -0.1) is 0 Å². The lowest BCUT2D eigenvalue weighted by atomic mass is 9.76. The van der Waals surface area contributed by atoms with Crippen LogP contribution >= 0.6 is 0 Å². The molecule has 1 heterocycles. The van der Waals surface area contributed by atoms with Gasteiger partial charge in [-0.3, -0.25) is 0 Å². The predicted octanol–water partition coefficient (Wildman–Crippen LogP) is 2.58. The fraction of sp³-hybridized carbons (Fsp3) is 0.357. The topological polar surface area (TPSA) is 40.7 Å². The highest BCUT2D eigenvalue weighted by molar-refractivity contribution is 5.23. The number of imidazole rings is 1. The lowest BCUT2D eigenvalue weighted by Gasteiger charge is -2.36. The number of nitrogens with zero attached hydrogens (tertiary/aromatic N) is 1. The number of nitrogens with one attached hydrogen (secondary N) is 2. The third-order valence-corrected chi connectivity index (χ3v) is 3.59. The molecule has 94 valence electrons. The Morgan fingerprint density at radius 2 is 2.28 bits per heavy atom. The van der Waals surface area contributed by atoms with Gasteiger partial charge in [-0.05, 0) is 36.5 Å². The Labute approximate surface area is 105 Å². The van der Waals surface area contributed by atoms with Crippen molar-refractivity contribution in [1.82, 2.24) is 15.3 Å². The van der Waals surface area contributed by atoms with Crippen molar-refractivity contribution in [3.05, 3.63) is 53.9 Å². The number of rotatable bonds is 4. The van der Waals surface area contributed by atoms with Gasteiger partial charge in [-0.2, -0.15) is 0 Å². The molecular weight excluding hydrogens is 229 g/mol. The van der Waals surface area contributed by atoms with Crippen LogP contribution in [-0.2, 0) is 6.54 Å². The van der Waals surface area contributed by atoms with Crippen molar-refractivity contribution < 1.29 is 4.39 Å². The van der Waals surface area contributed by atoms with E-state index >= 15 is 0 Å². The molecule has 2 aromatic rings. The number of hydrogen-bond donors (Lipinski definition) is 2. The highest BCUT2D eigenvalue weighted by Gasteiger charge is 2.29. The summed E-state index contributed by atoms with van der Waals surface area (Å²) in [5.41, 5.74) is 2.22. The van der Waals surface area contributed by atoms with Crippen LogP contribution in [0.25, 0.3) is 0 Å². The molecule has 0 unspecified atom stereocenters. The molecule has 1 fully saturated rings. The van der Waals surface area contributed by atoms with Crippen LogP contribution in [0.4, 0.5) is 4.39 Å². The predicted molar refractivity (Wildman–Crippen MR) is 67.6 cm³/mol. The van der Waals surface area contributed by atoms with Crippen LogP contribution in [0.3, 0.4) is 0 Å². The van der Waals surface area contributed by atoms with Crippen LogP contribution in [0.1, 0.15) is 30.0 Å². The van der Waals surface area contributed by atoms with E-state index < -0.39 is 0 Å². The van der Waals surface area contributed by atoms with Crippen LogP contribution in [0.5, 0.6) is 0 Å². The van der Waals surface area contributed by atoms with Crippen molar-refractivity contribution >= 4 is 0 Å². The summed E-state index contributed by atoms with van der Waals surface area (Å²) in [5, 5.41) is 3.47. The quantitative estimate of drug-likeness (QED) is 0.869. The smallest absolute Gasteiger partial charge is 0.123 e. The molecule has 2 N–H and O–H groups in total. The first-order chi connectivity index (χ1) is 8.81. The lowest BCUT2D eigenvalue weighted by Crippen LogP contribution is -2.39. The summed E-state index contributed by atoms with van der Waals surface area (Å²) >= 11 is 0. The minimum atomic E-state index is -0.138. The van der Waals surface area contributed by atoms with Gasteiger partial charge >= 0.3 is 0 Å². The molecule has 1 saturated carbocycles. The monoisotopic (exact) mass is 245 g/mol. The fourth-order valence-electron chi connectivity index (χ4n) is 2.45. The summed E-state index contributed by atoms with van der Waals surface area (Å²) in [7, 11) is 0. The standard InChI is InChI=1S/C14H16FN3/c15-12-3-1-2-10(4-12)11-5-13(6-11)17-8-14-7-16-9-18-14/h1-4,7,9,11,13,17H,5-6,8H2,(H,16,18). The van der Waals surface area contributed by atoms with Crippen molar-refractivity contribution in [1.29, 1.82) is 0 Å². The molecule has 4 heteroatoms. The Bertz CT molecular complexity index is 504. The van der Waals surface area contributed by atoms with E-state index in [1.54, 1.807) is 18.5 Å². The van der Waals surface area contributed by atoms with E-state index in [1.807, 2.05) is 12.3 Å². The molecule has 1 aliphatic rings. The summed E-state index contributed by atoms with van der Waals surface area (Å²) < 4.78 is 13.1. The molecule has 0 radical (unpaired) electrons. The van der Waals surface area contributed by atoms with Gasteiger partial charge in [0.1, 0.15) is 5.82 Å². The SMILES string of the molecule is Fc1cccc(C2CC(NCc3cnc[nH]3)C2)c1. The van der Waals surface area contributed by atoms with Crippen LogP contribution in [0.2, 0.25) is 0 Å². The van der Waals surface area contributed by atoms with E-state index in [2.05, 4.69) is 15.3 Å². The Balaban J connectivity index is 1.48. The second-order valence-corrected chi connectivity index (χ2v) is 4.88. The normalized spacial score (nSPS) is 22.7. The van der Waals surface area contributed by atoms with E-state index in [-0.39, 0.29) is 5.82 Å². The van der Waals surface area contributed by atoms with Crippen molar-refractivity contribution in [2.75, 3.05) is 0 Å². The number of hydrogen-bond acceptors (Lipinski definition) is 2. The average molecular weight is 245 g/mol. The maximum atomic E-state index is 13.1. The minimum Gasteiger partial charge on any atom is -0.347 e. The van der Waals surface area contributed by atoms with Gasteiger partial charge < -0.3 is 10.3 Å². The average Bonchev–Trinajstić information content (AvgIpc) is 2.80. The summed E-state index contributed by atoms with van der Waals surface area (Å²) in [5.74, 6) is 0.362. The molecular formula is C14H16FN3. The van der Waals surface area contributed by atoms with E-state index in [0.29, 0.717) is 12.0 Å². The van der Waals surface area contributed by atoms with Crippen molar-refractivity contribution in [2.45, 2.75) is 31.3 Å². The van der Waals surface area contributed by atoms with Gasteiger partial charge in [0.15, 0.2) is 0 Å². The Morgan fingerprint density at radius 1 is 1.39 bits per heavy atom. The van der Waals surface area contributed by atoms with Gasteiger partial charge in [0.25, 0.3) is 0 Å². The molecule has 0 saturated heterocycles.